The number of anilines is 1. The Hall–Kier alpha value is -3.41. The van der Waals surface area contributed by atoms with Crippen molar-refractivity contribution in [3.05, 3.63) is 66.1 Å². The Balaban J connectivity index is 1.83. The summed E-state index contributed by atoms with van der Waals surface area (Å²) < 4.78 is 7.35. The van der Waals surface area contributed by atoms with Gasteiger partial charge in [0.15, 0.2) is 11.4 Å². The molecular formula is C23H24N4O2. The van der Waals surface area contributed by atoms with Crippen molar-refractivity contribution >= 4 is 22.6 Å². The highest BCUT2D eigenvalue weighted by Gasteiger charge is 2.20. The smallest absolute Gasteiger partial charge is 0.256 e. The van der Waals surface area contributed by atoms with E-state index in [4.69, 9.17) is 9.40 Å². The van der Waals surface area contributed by atoms with Gasteiger partial charge in [0.25, 0.3) is 5.91 Å². The van der Waals surface area contributed by atoms with Gasteiger partial charge in [-0.05, 0) is 49.6 Å². The summed E-state index contributed by atoms with van der Waals surface area (Å²) in [7, 11) is 0. The molecule has 0 aliphatic carbocycles. The Morgan fingerprint density at radius 3 is 2.59 bits per heavy atom. The highest BCUT2D eigenvalue weighted by Crippen LogP contribution is 2.29. The number of carbonyl (C=O) groups is 1. The van der Waals surface area contributed by atoms with Crippen LogP contribution < -0.4 is 5.32 Å². The predicted octanol–water partition coefficient (Wildman–Crippen LogP) is 5.65. The van der Waals surface area contributed by atoms with Crippen LogP contribution in [-0.4, -0.2) is 20.7 Å². The number of pyridine rings is 1. The summed E-state index contributed by atoms with van der Waals surface area (Å²) in [5.41, 5.74) is 3.69. The minimum atomic E-state index is -0.193. The third-order valence-corrected chi connectivity index (χ3v) is 4.91. The van der Waals surface area contributed by atoms with Crippen molar-refractivity contribution in [3.8, 4) is 11.5 Å². The van der Waals surface area contributed by atoms with Gasteiger partial charge in [-0.25, -0.2) is 9.67 Å². The molecule has 0 saturated heterocycles. The second kappa shape index (κ2) is 7.54. The van der Waals surface area contributed by atoms with Gasteiger partial charge < -0.3 is 9.73 Å². The number of carbonyl (C=O) groups excluding carboxylic acids is 1. The molecule has 148 valence electrons. The monoisotopic (exact) mass is 388 g/mol. The fraction of sp³-hybridized carbons (Fsp3) is 0.261. The van der Waals surface area contributed by atoms with E-state index in [-0.39, 0.29) is 11.9 Å². The number of para-hydroxylation sites is 1. The number of fused-ring (bicyclic) bond motifs is 1. The maximum absolute atomic E-state index is 13.3. The number of nitrogens with one attached hydrogen (secondary N) is 1. The van der Waals surface area contributed by atoms with Gasteiger partial charge in [-0.3, -0.25) is 4.79 Å². The van der Waals surface area contributed by atoms with Gasteiger partial charge in [-0.15, -0.1) is 0 Å². The summed E-state index contributed by atoms with van der Waals surface area (Å²) in [6.07, 6.45) is 3.30. The van der Waals surface area contributed by atoms with Crippen LogP contribution in [0, 0.1) is 0 Å². The SMILES string of the molecule is CC(C)c1ccccc1NC(=O)c1cc(-c2ccco2)nc2c1cnn2C(C)C. The molecule has 0 bridgehead atoms. The summed E-state index contributed by atoms with van der Waals surface area (Å²) in [4.78, 5) is 18.0. The van der Waals surface area contributed by atoms with Crippen LogP contribution in [0.2, 0.25) is 0 Å². The molecule has 1 N–H and O–H groups in total. The van der Waals surface area contributed by atoms with Gasteiger partial charge in [0, 0.05) is 11.7 Å². The van der Waals surface area contributed by atoms with E-state index in [0.29, 0.717) is 34.0 Å². The van der Waals surface area contributed by atoms with Crippen LogP contribution in [0.15, 0.2) is 59.3 Å². The Labute approximate surface area is 169 Å². The lowest BCUT2D eigenvalue weighted by molar-refractivity contribution is 0.102. The second-order valence-electron chi connectivity index (χ2n) is 7.65. The molecule has 3 aromatic heterocycles. The summed E-state index contributed by atoms with van der Waals surface area (Å²) in [5.74, 6) is 0.716. The van der Waals surface area contributed by atoms with E-state index in [1.807, 2.05) is 48.9 Å². The first kappa shape index (κ1) is 18.9. The highest BCUT2D eigenvalue weighted by atomic mass is 16.3. The van der Waals surface area contributed by atoms with E-state index in [2.05, 4.69) is 24.3 Å². The fourth-order valence-corrected chi connectivity index (χ4v) is 3.44. The Morgan fingerprint density at radius 1 is 1.10 bits per heavy atom. The van der Waals surface area contributed by atoms with E-state index in [1.165, 1.54) is 0 Å². The third kappa shape index (κ3) is 3.53. The lowest BCUT2D eigenvalue weighted by atomic mass is 10.0. The first-order chi connectivity index (χ1) is 14.0. The zero-order valence-corrected chi connectivity index (χ0v) is 17.0. The molecule has 6 heteroatoms. The molecule has 0 unspecified atom stereocenters. The minimum absolute atomic E-state index is 0.115. The molecule has 1 amide bonds. The number of hydrogen-bond acceptors (Lipinski definition) is 4. The quantitative estimate of drug-likeness (QED) is 0.480. The molecule has 0 aliphatic heterocycles. The topological polar surface area (TPSA) is 73.0 Å². The zero-order chi connectivity index (χ0) is 20.5. The summed E-state index contributed by atoms with van der Waals surface area (Å²) in [5, 5.41) is 8.25. The maximum atomic E-state index is 13.3. The Kier molecular flexibility index (Phi) is 4.92. The van der Waals surface area contributed by atoms with Crippen LogP contribution in [0.25, 0.3) is 22.5 Å². The van der Waals surface area contributed by atoms with Gasteiger partial charge >= 0.3 is 0 Å². The number of amides is 1. The number of aromatic nitrogens is 3. The van der Waals surface area contributed by atoms with Gasteiger partial charge in [-0.2, -0.15) is 5.10 Å². The van der Waals surface area contributed by atoms with E-state index >= 15 is 0 Å². The van der Waals surface area contributed by atoms with Crippen molar-refractivity contribution in [1.82, 2.24) is 14.8 Å². The molecular weight excluding hydrogens is 364 g/mol. The molecule has 0 radical (unpaired) electrons. The average Bonchev–Trinajstić information content (AvgIpc) is 3.37. The van der Waals surface area contributed by atoms with E-state index < -0.39 is 0 Å². The fourth-order valence-electron chi connectivity index (χ4n) is 3.44. The van der Waals surface area contributed by atoms with Crippen LogP contribution in [0.5, 0.6) is 0 Å². The molecule has 29 heavy (non-hydrogen) atoms. The molecule has 4 aromatic rings. The molecule has 3 heterocycles. The highest BCUT2D eigenvalue weighted by molar-refractivity contribution is 6.12. The zero-order valence-electron chi connectivity index (χ0n) is 17.0. The lowest BCUT2D eigenvalue weighted by Crippen LogP contribution is -2.15. The lowest BCUT2D eigenvalue weighted by Gasteiger charge is -2.14. The van der Waals surface area contributed by atoms with Crippen LogP contribution in [0.3, 0.4) is 0 Å². The number of benzene rings is 1. The predicted molar refractivity (Wildman–Crippen MR) is 114 cm³/mol. The third-order valence-electron chi connectivity index (χ3n) is 4.91. The number of rotatable bonds is 5. The van der Waals surface area contributed by atoms with Gasteiger partial charge in [0.05, 0.1) is 23.4 Å². The van der Waals surface area contributed by atoms with Crippen LogP contribution in [-0.2, 0) is 0 Å². The number of hydrogen-bond donors (Lipinski definition) is 1. The molecule has 0 saturated carbocycles. The summed E-state index contributed by atoms with van der Waals surface area (Å²) in [6, 6.07) is 13.4. The molecule has 0 spiro atoms. The van der Waals surface area contributed by atoms with Crippen molar-refractivity contribution in [1.29, 1.82) is 0 Å². The second-order valence-corrected chi connectivity index (χ2v) is 7.65. The first-order valence-corrected chi connectivity index (χ1v) is 9.78. The molecule has 0 atom stereocenters. The Morgan fingerprint density at radius 2 is 1.90 bits per heavy atom. The van der Waals surface area contributed by atoms with Crippen molar-refractivity contribution in [3.63, 3.8) is 0 Å². The van der Waals surface area contributed by atoms with E-state index in [9.17, 15) is 4.79 Å². The normalized spacial score (nSPS) is 11.5. The van der Waals surface area contributed by atoms with Crippen LogP contribution >= 0.6 is 0 Å². The first-order valence-electron chi connectivity index (χ1n) is 9.78. The van der Waals surface area contributed by atoms with Crippen molar-refractivity contribution < 1.29 is 9.21 Å². The van der Waals surface area contributed by atoms with Crippen LogP contribution in [0.4, 0.5) is 5.69 Å². The Bertz CT molecular complexity index is 1160. The average molecular weight is 388 g/mol. The van der Waals surface area contributed by atoms with Gasteiger partial charge in [0.1, 0.15) is 5.69 Å². The standard InChI is InChI=1S/C23H24N4O2/c1-14(2)16-8-5-6-9-19(16)26-23(28)17-12-20(21-10-7-11-29-21)25-22-18(17)13-24-27(22)15(3)4/h5-15H,1-4H3,(H,26,28). The van der Waals surface area contributed by atoms with Gasteiger partial charge in [0.2, 0.25) is 0 Å². The molecule has 1 aromatic carbocycles. The van der Waals surface area contributed by atoms with Crippen LogP contribution in [0.1, 0.15) is 55.6 Å². The molecule has 0 fully saturated rings. The number of furan rings is 1. The summed E-state index contributed by atoms with van der Waals surface area (Å²) >= 11 is 0. The van der Waals surface area contributed by atoms with Crippen molar-refractivity contribution in [2.75, 3.05) is 5.32 Å². The van der Waals surface area contributed by atoms with Gasteiger partial charge in [-0.1, -0.05) is 32.0 Å². The largest absolute Gasteiger partial charge is 0.463 e. The maximum Gasteiger partial charge on any atom is 0.256 e. The molecule has 6 nitrogen and oxygen atoms in total. The summed E-state index contributed by atoms with van der Waals surface area (Å²) in [6.45, 7) is 8.28. The van der Waals surface area contributed by atoms with Crippen molar-refractivity contribution in [2.45, 2.75) is 39.7 Å². The molecule has 4 rings (SSSR count). The number of nitrogens with zero attached hydrogens (tertiary/aromatic N) is 3. The van der Waals surface area contributed by atoms with E-state index in [1.54, 1.807) is 24.6 Å². The minimum Gasteiger partial charge on any atom is -0.463 e. The van der Waals surface area contributed by atoms with E-state index in [0.717, 1.165) is 11.3 Å². The molecule has 0 aliphatic rings. The van der Waals surface area contributed by atoms with Crippen molar-refractivity contribution in [2.24, 2.45) is 0 Å².